The van der Waals surface area contributed by atoms with Crippen LogP contribution < -0.4 is 0 Å². The lowest BCUT2D eigenvalue weighted by Gasteiger charge is -2.09. The predicted molar refractivity (Wildman–Crippen MR) is 55.2 cm³/mol. The lowest BCUT2D eigenvalue weighted by molar-refractivity contribution is 0.426. The van der Waals surface area contributed by atoms with Crippen molar-refractivity contribution in [1.29, 1.82) is 0 Å². The largest absolute Gasteiger partial charge is 0.0654 e. The zero-order valence-electron chi connectivity index (χ0n) is 9.19. The zero-order chi connectivity index (χ0) is 9.19. The fraction of sp³-hybridized carbons (Fsp3) is 1.00. The SMILES string of the molecule is CCCC(C)CCC1CC1(C)C. The highest BCUT2D eigenvalue weighted by atomic mass is 14.5. The molecule has 0 aromatic heterocycles. The molecular weight excluding hydrogens is 144 g/mol. The summed E-state index contributed by atoms with van der Waals surface area (Å²) in [6.07, 6.45) is 7.20. The van der Waals surface area contributed by atoms with Crippen molar-refractivity contribution >= 4 is 0 Å². The average Bonchev–Trinajstić information content (AvgIpc) is 2.56. The number of hydrogen-bond acceptors (Lipinski definition) is 0. The highest BCUT2D eigenvalue weighted by molar-refractivity contribution is 4.94. The lowest BCUT2D eigenvalue weighted by Crippen LogP contribution is -1.97. The normalized spacial score (nSPS) is 28.5. The third-order valence-electron chi connectivity index (χ3n) is 3.51. The van der Waals surface area contributed by atoms with Gasteiger partial charge in [0, 0.05) is 0 Å². The summed E-state index contributed by atoms with van der Waals surface area (Å²) < 4.78 is 0. The Morgan fingerprint density at radius 2 is 1.92 bits per heavy atom. The molecule has 1 saturated carbocycles. The minimum atomic E-state index is 0.700. The Labute approximate surface area is 77.7 Å². The van der Waals surface area contributed by atoms with Crippen molar-refractivity contribution in [2.45, 2.75) is 59.8 Å². The molecule has 0 heteroatoms. The summed E-state index contributed by atoms with van der Waals surface area (Å²) in [5.74, 6) is 2.02. The molecular formula is C12H24. The molecule has 0 saturated heterocycles. The first kappa shape index (κ1) is 10.1. The Kier molecular flexibility index (Phi) is 3.20. The van der Waals surface area contributed by atoms with Gasteiger partial charge in [0.05, 0.1) is 0 Å². The van der Waals surface area contributed by atoms with Gasteiger partial charge in [0.25, 0.3) is 0 Å². The third kappa shape index (κ3) is 2.80. The van der Waals surface area contributed by atoms with Crippen molar-refractivity contribution in [2.75, 3.05) is 0 Å². The molecule has 12 heavy (non-hydrogen) atoms. The van der Waals surface area contributed by atoms with E-state index in [2.05, 4.69) is 27.7 Å². The minimum absolute atomic E-state index is 0.700. The van der Waals surface area contributed by atoms with E-state index in [9.17, 15) is 0 Å². The molecule has 0 spiro atoms. The highest BCUT2D eigenvalue weighted by Crippen LogP contribution is 2.54. The maximum absolute atomic E-state index is 2.40. The molecule has 2 atom stereocenters. The van der Waals surface area contributed by atoms with E-state index in [0.29, 0.717) is 5.41 Å². The monoisotopic (exact) mass is 168 g/mol. The van der Waals surface area contributed by atoms with Crippen LogP contribution in [0.3, 0.4) is 0 Å². The minimum Gasteiger partial charge on any atom is -0.0654 e. The van der Waals surface area contributed by atoms with E-state index in [-0.39, 0.29) is 0 Å². The Bertz CT molecular complexity index is 135. The van der Waals surface area contributed by atoms with Crippen molar-refractivity contribution in [3.05, 3.63) is 0 Å². The van der Waals surface area contributed by atoms with Gasteiger partial charge in [-0.25, -0.2) is 0 Å². The molecule has 1 rings (SSSR count). The Morgan fingerprint density at radius 3 is 2.33 bits per heavy atom. The van der Waals surface area contributed by atoms with E-state index in [4.69, 9.17) is 0 Å². The molecule has 1 aliphatic rings. The summed E-state index contributed by atoms with van der Waals surface area (Å²) in [6.45, 7) is 9.50. The summed E-state index contributed by atoms with van der Waals surface area (Å²) >= 11 is 0. The van der Waals surface area contributed by atoms with Crippen LogP contribution in [0.2, 0.25) is 0 Å². The van der Waals surface area contributed by atoms with Crippen LogP contribution in [0, 0.1) is 17.3 Å². The summed E-state index contributed by atoms with van der Waals surface area (Å²) in [6, 6.07) is 0. The molecule has 0 radical (unpaired) electrons. The second kappa shape index (κ2) is 3.81. The Balaban J connectivity index is 2.03. The molecule has 0 aromatic carbocycles. The average molecular weight is 168 g/mol. The van der Waals surface area contributed by atoms with Crippen molar-refractivity contribution in [1.82, 2.24) is 0 Å². The van der Waals surface area contributed by atoms with Crippen molar-refractivity contribution in [3.63, 3.8) is 0 Å². The summed E-state index contributed by atoms with van der Waals surface area (Å²) in [5, 5.41) is 0. The first-order valence-electron chi connectivity index (χ1n) is 5.56. The van der Waals surface area contributed by atoms with E-state index in [1.54, 1.807) is 0 Å². The van der Waals surface area contributed by atoms with Gasteiger partial charge in [0.2, 0.25) is 0 Å². The van der Waals surface area contributed by atoms with Crippen LogP contribution in [-0.4, -0.2) is 0 Å². The molecule has 0 heterocycles. The zero-order valence-corrected chi connectivity index (χ0v) is 9.19. The van der Waals surface area contributed by atoms with Gasteiger partial charge in [0.15, 0.2) is 0 Å². The molecule has 0 amide bonds. The molecule has 0 bridgehead atoms. The number of hydrogen-bond donors (Lipinski definition) is 0. The first-order valence-corrected chi connectivity index (χ1v) is 5.56. The second-order valence-corrected chi connectivity index (χ2v) is 5.36. The van der Waals surface area contributed by atoms with Crippen LogP contribution in [0.5, 0.6) is 0 Å². The van der Waals surface area contributed by atoms with Crippen LogP contribution in [0.4, 0.5) is 0 Å². The van der Waals surface area contributed by atoms with Crippen LogP contribution in [-0.2, 0) is 0 Å². The molecule has 1 aliphatic carbocycles. The predicted octanol–water partition coefficient (Wildman–Crippen LogP) is 4.25. The maximum atomic E-state index is 2.40. The Morgan fingerprint density at radius 1 is 1.33 bits per heavy atom. The third-order valence-corrected chi connectivity index (χ3v) is 3.51. The summed E-state index contributed by atoms with van der Waals surface area (Å²) in [7, 11) is 0. The van der Waals surface area contributed by atoms with Crippen molar-refractivity contribution < 1.29 is 0 Å². The van der Waals surface area contributed by atoms with Gasteiger partial charge in [0.1, 0.15) is 0 Å². The fourth-order valence-electron chi connectivity index (χ4n) is 2.19. The summed E-state index contributed by atoms with van der Waals surface area (Å²) in [5.41, 5.74) is 0.700. The fourth-order valence-corrected chi connectivity index (χ4v) is 2.19. The van der Waals surface area contributed by atoms with Gasteiger partial charge in [-0.15, -0.1) is 0 Å². The Hall–Kier alpha value is 0. The lowest BCUT2D eigenvalue weighted by atomic mass is 9.96. The van der Waals surface area contributed by atoms with E-state index < -0.39 is 0 Å². The van der Waals surface area contributed by atoms with Crippen LogP contribution in [0.1, 0.15) is 59.8 Å². The van der Waals surface area contributed by atoms with Crippen molar-refractivity contribution in [3.8, 4) is 0 Å². The summed E-state index contributed by atoms with van der Waals surface area (Å²) in [4.78, 5) is 0. The topological polar surface area (TPSA) is 0 Å². The number of rotatable bonds is 5. The van der Waals surface area contributed by atoms with Gasteiger partial charge < -0.3 is 0 Å². The van der Waals surface area contributed by atoms with Gasteiger partial charge in [-0.05, 0) is 30.1 Å². The van der Waals surface area contributed by atoms with E-state index in [0.717, 1.165) is 11.8 Å². The molecule has 0 aromatic rings. The second-order valence-electron chi connectivity index (χ2n) is 5.36. The highest BCUT2D eigenvalue weighted by Gasteiger charge is 2.44. The van der Waals surface area contributed by atoms with Crippen molar-refractivity contribution in [2.24, 2.45) is 17.3 Å². The molecule has 72 valence electrons. The molecule has 0 N–H and O–H groups in total. The van der Waals surface area contributed by atoms with Crippen LogP contribution >= 0.6 is 0 Å². The van der Waals surface area contributed by atoms with E-state index >= 15 is 0 Å². The molecule has 2 unspecified atom stereocenters. The maximum Gasteiger partial charge on any atom is -0.0323 e. The van der Waals surface area contributed by atoms with Gasteiger partial charge in [-0.1, -0.05) is 47.0 Å². The van der Waals surface area contributed by atoms with Crippen LogP contribution in [0.15, 0.2) is 0 Å². The van der Waals surface area contributed by atoms with Gasteiger partial charge >= 0.3 is 0 Å². The first-order chi connectivity index (χ1) is 5.56. The molecule has 0 aliphatic heterocycles. The van der Waals surface area contributed by atoms with Gasteiger partial charge in [-0.2, -0.15) is 0 Å². The quantitative estimate of drug-likeness (QED) is 0.575. The molecule has 1 fully saturated rings. The van der Waals surface area contributed by atoms with E-state index in [1.807, 2.05) is 0 Å². The van der Waals surface area contributed by atoms with E-state index in [1.165, 1.54) is 32.1 Å². The smallest absolute Gasteiger partial charge is 0.0323 e. The molecule has 0 nitrogen and oxygen atoms in total. The van der Waals surface area contributed by atoms with Crippen LogP contribution in [0.25, 0.3) is 0 Å². The standard InChI is InChI=1S/C12H24/c1-5-6-10(2)7-8-11-9-12(11,3)4/h10-11H,5-9H2,1-4H3. The van der Waals surface area contributed by atoms with Gasteiger partial charge in [-0.3, -0.25) is 0 Å².